The number of aliphatic hydroxyl groups excluding tert-OH is 1. The van der Waals surface area contributed by atoms with E-state index in [0.717, 1.165) is 108 Å². The number of ether oxygens (including phenoxy) is 4. The first-order valence-corrected chi connectivity index (χ1v) is 47.6. The Kier molecular flexibility index (Phi) is 76.0. The number of aliphatic hydroxyl groups is 1. The van der Waals surface area contributed by atoms with Gasteiger partial charge in [-0.15, -0.1) is 0 Å². The number of phosphoric acid groups is 2. The SMILES string of the molecule is CCCCCCCCCCCCCCCCCCCCC(=O)OC[C@H](COP(=O)(O)OC[C@@H](O)COP(=O)(O)OC[C@@H](COC(=O)CCCCCCCCC(C)CC)OC(=O)CCCCCCCCCCCCCCCCC)OC(=O)CCCCCCCCCCCCCCCCCCCCC(C)CC. The van der Waals surface area contributed by atoms with Crippen molar-refractivity contribution < 1.29 is 80.2 Å². The maximum Gasteiger partial charge on any atom is 0.472 e. The molecule has 105 heavy (non-hydrogen) atoms. The fourth-order valence-electron chi connectivity index (χ4n) is 13.4. The number of phosphoric ester groups is 2. The Bertz CT molecular complexity index is 2010. The Labute approximate surface area is 645 Å². The molecule has 0 saturated heterocycles. The van der Waals surface area contributed by atoms with Gasteiger partial charge in [0, 0.05) is 25.7 Å². The summed E-state index contributed by atoms with van der Waals surface area (Å²) < 4.78 is 68.9. The molecule has 17 nitrogen and oxygen atoms in total. The average molecular weight is 1540 g/mol. The van der Waals surface area contributed by atoms with Gasteiger partial charge in [-0.25, -0.2) is 9.13 Å². The molecule has 624 valence electrons. The molecule has 4 unspecified atom stereocenters. The van der Waals surface area contributed by atoms with Gasteiger partial charge in [-0.2, -0.15) is 0 Å². The zero-order valence-corrected chi connectivity index (χ0v) is 70.8. The van der Waals surface area contributed by atoms with Gasteiger partial charge in [0.25, 0.3) is 0 Å². The van der Waals surface area contributed by atoms with Crippen molar-refractivity contribution in [1.82, 2.24) is 0 Å². The van der Waals surface area contributed by atoms with Crippen LogP contribution in [0.2, 0.25) is 0 Å². The molecular formula is C86H168O17P2. The van der Waals surface area contributed by atoms with Gasteiger partial charge >= 0.3 is 39.5 Å². The van der Waals surface area contributed by atoms with E-state index in [-0.39, 0.29) is 25.7 Å². The third kappa shape index (κ3) is 77.2. The minimum absolute atomic E-state index is 0.108. The van der Waals surface area contributed by atoms with Crippen molar-refractivity contribution in [3.63, 3.8) is 0 Å². The highest BCUT2D eigenvalue weighted by Crippen LogP contribution is 2.45. The number of carbonyl (C=O) groups is 4. The molecule has 7 atom stereocenters. The Morgan fingerprint density at radius 3 is 0.676 bits per heavy atom. The minimum Gasteiger partial charge on any atom is -0.462 e. The molecule has 0 radical (unpaired) electrons. The standard InChI is InChI=1S/C86H168O17P2/c1-7-11-13-15-17-19-21-23-25-26-30-34-37-41-45-49-56-62-68-83(88)96-74-81(102-85(90)70-65-59-51-47-43-39-35-31-28-27-29-33-36-40-44-48-54-60-66-78(5)9-3)76-100-104(92,93)98-72-80(87)73-99-105(94,95)101-77-82(75-97-84(89)69-63-57-53-52-55-61-67-79(6)10-4)103-86(91)71-64-58-50-46-42-38-32-24-22-20-18-16-14-12-8-2/h78-82,87H,7-77H2,1-6H3,(H,92,93)(H,94,95)/t78?,79?,80-,81-,82-/m1/s1. The van der Waals surface area contributed by atoms with E-state index >= 15 is 0 Å². The molecule has 0 aliphatic carbocycles. The van der Waals surface area contributed by atoms with E-state index in [1.165, 1.54) is 270 Å². The summed E-state index contributed by atoms with van der Waals surface area (Å²) >= 11 is 0. The molecule has 0 fully saturated rings. The summed E-state index contributed by atoms with van der Waals surface area (Å²) in [5.74, 6) is -0.501. The first-order chi connectivity index (χ1) is 50.9. The lowest BCUT2D eigenvalue weighted by Crippen LogP contribution is -2.30. The lowest BCUT2D eigenvalue weighted by molar-refractivity contribution is -0.161. The molecule has 0 rings (SSSR count). The molecule has 0 aliphatic rings. The fourth-order valence-corrected chi connectivity index (χ4v) is 14.9. The maximum atomic E-state index is 13.1. The topological polar surface area (TPSA) is 237 Å². The van der Waals surface area contributed by atoms with Crippen LogP contribution in [0.4, 0.5) is 0 Å². The van der Waals surface area contributed by atoms with Gasteiger partial charge in [-0.3, -0.25) is 37.3 Å². The van der Waals surface area contributed by atoms with E-state index in [4.69, 9.17) is 37.0 Å². The summed E-state index contributed by atoms with van der Waals surface area (Å²) in [5, 5.41) is 10.7. The number of hydrogen-bond donors (Lipinski definition) is 3. The molecule has 0 heterocycles. The molecule has 0 spiro atoms. The van der Waals surface area contributed by atoms with Crippen molar-refractivity contribution in [2.75, 3.05) is 39.6 Å². The lowest BCUT2D eigenvalue weighted by atomic mass is 9.99. The molecule has 0 aromatic heterocycles. The first-order valence-electron chi connectivity index (χ1n) is 44.6. The average Bonchev–Trinajstić information content (AvgIpc) is 1.10. The summed E-state index contributed by atoms with van der Waals surface area (Å²) in [6.07, 6.45) is 69.4. The van der Waals surface area contributed by atoms with Gasteiger partial charge < -0.3 is 33.8 Å². The van der Waals surface area contributed by atoms with Gasteiger partial charge in [0.05, 0.1) is 26.4 Å². The van der Waals surface area contributed by atoms with Crippen LogP contribution in [-0.4, -0.2) is 96.7 Å². The van der Waals surface area contributed by atoms with Crippen LogP contribution < -0.4 is 0 Å². The Morgan fingerprint density at radius 2 is 0.457 bits per heavy atom. The monoisotopic (exact) mass is 1540 g/mol. The highest BCUT2D eigenvalue weighted by atomic mass is 31.2. The second-order valence-corrected chi connectivity index (χ2v) is 34.3. The number of carbonyl (C=O) groups excluding carboxylic acids is 4. The largest absolute Gasteiger partial charge is 0.472 e. The summed E-state index contributed by atoms with van der Waals surface area (Å²) in [7, 11) is -9.93. The normalized spacial score (nSPS) is 14.3. The smallest absolute Gasteiger partial charge is 0.462 e. The van der Waals surface area contributed by atoms with E-state index in [1.54, 1.807) is 0 Å². The van der Waals surface area contributed by atoms with Crippen molar-refractivity contribution in [1.29, 1.82) is 0 Å². The molecule has 0 aromatic rings. The first kappa shape index (κ1) is 103. The molecule has 0 aromatic carbocycles. The second kappa shape index (κ2) is 77.4. The Hall–Kier alpha value is -1.94. The van der Waals surface area contributed by atoms with Crippen LogP contribution in [0.25, 0.3) is 0 Å². The third-order valence-electron chi connectivity index (χ3n) is 20.9. The predicted molar refractivity (Wildman–Crippen MR) is 432 cm³/mol. The molecule has 0 saturated carbocycles. The van der Waals surface area contributed by atoms with Crippen LogP contribution in [0.15, 0.2) is 0 Å². The molecule has 19 heteroatoms. The Morgan fingerprint density at radius 1 is 0.267 bits per heavy atom. The van der Waals surface area contributed by atoms with Crippen LogP contribution in [0.1, 0.15) is 459 Å². The molecule has 0 bridgehead atoms. The number of esters is 4. The highest BCUT2D eigenvalue weighted by molar-refractivity contribution is 7.47. The number of rotatable bonds is 85. The summed E-state index contributed by atoms with van der Waals surface area (Å²) in [5.41, 5.74) is 0. The predicted octanol–water partition coefficient (Wildman–Crippen LogP) is 26.2. The van der Waals surface area contributed by atoms with Crippen LogP contribution in [0.5, 0.6) is 0 Å². The quantitative estimate of drug-likeness (QED) is 0.0222. The zero-order chi connectivity index (χ0) is 77.1. The van der Waals surface area contributed by atoms with Crippen LogP contribution in [-0.2, 0) is 65.4 Å². The summed E-state index contributed by atoms with van der Waals surface area (Å²) in [6.45, 7) is 9.70. The van der Waals surface area contributed by atoms with Gasteiger partial charge in [0.2, 0.25) is 0 Å². The maximum absolute atomic E-state index is 13.1. The molecular weight excluding hydrogens is 1370 g/mol. The third-order valence-corrected chi connectivity index (χ3v) is 22.8. The van der Waals surface area contributed by atoms with Gasteiger partial charge in [0.1, 0.15) is 19.3 Å². The van der Waals surface area contributed by atoms with Gasteiger partial charge in [-0.1, -0.05) is 408 Å². The van der Waals surface area contributed by atoms with E-state index < -0.39 is 97.5 Å². The van der Waals surface area contributed by atoms with E-state index in [9.17, 15) is 43.2 Å². The van der Waals surface area contributed by atoms with Crippen LogP contribution in [0, 0.1) is 11.8 Å². The minimum atomic E-state index is -4.97. The van der Waals surface area contributed by atoms with Gasteiger partial charge in [-0.05, 0) is 37.5 Å². The van der Waals surface area contributed by atoms with Crippen LogP contribution in [0.3, 0.4) is 0 Å². The van der Waals surface area contributed by atoms with Crippen molar-refractivity contribution in [3.05, 3.63) is 0 Å². The van der Waals surface area contributed by atoms with Crippen LogP contribution >= 0.6 is 15.6 Å². The van der Waals surface area contributed by atoms with Crippen molar-refractivity contribution in [2.24, 2.45) is 11.8 Å². The second-order valence-electron chi connectivity index (χ2n) is 31.4. The van der Waals surface area contributed by atoms with Crippen molar-refractivity contribution in [3.8, 4) is 0 Å². The zero-order valence-electron chi connectivity index (χ0n) is 69.0. The van der Waals surface area contributed by atoms with E-state index in [0.29, 0.717) is 25.7 Å². The molecule has 3 N–H and O–H groups in total. The number of hydrogen-bond acceptors (Lipinski definition) is 15. The Balaban J connectivity index is 5.22. The van der Waals surface area contributed by atoms with Crippen molar-refractivity contribution in [2.45, 2.75) is 477 Å². The molecule has 0 aliphatic heterocycles. The highest BCUT2D eigenvalue weighted by Gasteiger charge is 2.30. The van der Waals surface area contributed by atoms with E-state index in [1.807, 2.05) is 0 Å². The fraction of sp³-hybridized carbons (Fsp3) is 0.953. The number of unbranched alkanes of at least 4 members (excludes halogenated alkanes) is 53. The van der Waals surface area contributed by atoms with Crippen molar-refractivity contribution >= 4 is 39.5 Å². The summed E-state index contributed by atoms with van der Waals surface area (Å²) in [6, 6.07) is 0. The summed E-state index contributed by atoms with van der Waals surface area (Å²) in [4.78, 5) is 73.2. The van der Waals surface area contributed by atoms with E-state index in [2.05, 4.69) is 41.5 Å². The lowest BCUT2D eigenvalue weighted by Gasteiger charge is -2.21. The molecule has 0 amide bonds. The van der Waals surface area contributed by atoms with Gasteiger partial charge in [0.15, 0.2) is 12.2 Å².